The maximum atomic E-state index is 9.76. The molecule has 2 aromatic carbocycles. The van der Waals surface area contributed by atoms with E-state index in [0.29, 0.717) is 24.9 Å². The van der Waals surface area contributed by atoms with Gasteiger partial charge >= 0.3 is 0 Å². The maximum Gasteiger partial charge on any atom is 0.246 e. The van der Waals surface area contributed by atoms with Crippen molar-refractivity contribution >= 4 is 11.4 Å². The summed E-state index contributed by atoms with van der Waals surface area (Å²) in [5.74, 6) is 1.91. The second-order valence-electron chi connectivity index (χ2n) is 7.06. The van der Waals surface area contributed by atoms with E-state index in [1.54, 1.807) is 0 Å². The van der Waals surface area contributed by atoms with Crippen LogP contribution in [0.25, 0.3) is 11.4 Å². The van der Waals surface area contributed by atoms with Crippen LogP contribution in [-0.2, 0) is 6.54 Å². The van der Waals surface area contributed by atoms with E-state index in [1.165, 1.54) is 0 Å². The van der Waals surface area contributed by atoms with Crippen molar-refractivity contribution in [2.45, 2.75) is 32.4 Å². The van der Waals surface area contributed by atoms with Crippen molar-refractivity contribution in [3.05, 3.63) is 54.4 Å². The number of hydrogen-bond donors (Lipinski definition) is 2. The molecule has 2 N–H and O–H groups in total. The van der Waals surface area contributed by atoms with Crippen LogP contribution in [0.4, 0.5) is 11.4 Å². The van der Waals surface area contributed by atoms with E-state index in [0.717, 1.165) is 48.6 Å². The number of nitrogens with zero attached hydrogens (tertiary/aromatic N) is 3. The molecule has 3 aromatic rings. The Morgan fingerprint density at radius 1 is 1.14 bits per heavy atom. The molecule has 29 heavy (non-hydrogen) atoms. The van der Waals surface area contributed by atoms with Crippen molar-refractivity contribution in [3.8, 4) is 17.1 Å². The van der Waals surface area contributed by atoms with E-state index in [-0.39, 0.29) is 6.10 Å². The van der Waals surface area contributed by atoms with Gasteiger partial charge in [0.05, 0.1) is 30.6 Å². The third kappa shape index (κ3) is 4.68. The third-order valence-electron chi connectivity index (χ3n) is 5.03. The largest absolute Gasteiger partial charge is 0.494 e. The molecule has 152 valence electrons. The van der Waals surface area contributed by atoms with Crippen molar-refractivity contribution < 1.29 is 14.4 Å². The number of piperidine rings is 1. The van der Waals surface area contributed by atoms with Gasteiger partial charge in [-0.05, 0) is 56.2 Å². The van der Waals surface area contributed by atoms with Gasteiger partial charge in [0, 0.05) is 18.7 Å². The van der Waals surface area contributed by atoms with Crippen molar-refractivity contribution in [1.29, 1.82) is 0 Å². The Balaban J connectivity index is 1.41. The summed E-state index contributed by atoms with van der Waals surface area (Å²) >= 11 is 0. The SMILES string of the molecule is CCOc1ccc(-c2noc(CNc3ccccc3N3CCC(O)CC3)n2)cc1. The Morgan fingerprint density at radius 2 is 1.90 bits per heavy atom. The zero-order valence-electron chi connectivity index (χ0n) is 16.5. The standard InChI is InChI=1S/C22H26N4O3/c1-2-28-18-9-7-16(8-10-18)22-24-21(29-25-22)15-23-19-5-3-4-6-20(19)26-13-11-17(27)12-14-26/h3-10,17,23,27H,2,11-15H2,1H3. The van der Waals surface area contributed by atoms with Crippen molar-refractivity contribution in [2.24, 2.45) is 0 Å². The van der Waals surface area contributed by atoms with Gasteiger partial charge in [-0.1, -0.05) is 17.3 Å². The van der Waals surface area contributed by atoms with Gasteiger partial charge in [-0.25, -0.2) is 0 Å². The van der Waals surface area contributed by atoms with Gasteiger partial charge in [0.25, 0.3) is 0 Å². The molecule has 0 amide bonds. The monoisotopic (exact) mass is 394 g/mol. The average molecular weight is 394 g/mol. The molecule has 0 unspecified atom stereocenters. The van der Waals surface area contributed by atoms with E-state index >= 15 is 0 Å². The van der Waals surface area contributed by atoms with E-state index in [9.17, 15) is 5.11 Å². The second kappa shape index (κ2) is 8.96. The molecule has 1 aliphatic heterocycles. The molecule has 1 aliphatic rings. The fourth-order valence-corrected chi connectivity index (χ4v) is 3.49. The van der Waals surface area contributed by atoms with Crippen LogP contribution in [0.5, 0.6) is 5.75 Å². The molecule has 0 saturated carbocycles. The number of aliphatic hydroxyl groups excluding tert-OH is 1. The number of nitrogens with one attached hydrogen (secondary N) is 1. The smallest absolute Gasteiger partial charge is 0.246 e. The number of anilines is 2. The first-order valence-electron chi connectivity index (χ1n) is 10.0. The minimum absolute atomic E-state index is 0.189. The van der Waals surface area contributed by atoms with Gasteiger partial charge in [-0.3, -0.25) is 0 Å². The van der Waals surface area contributed by atoms with E-state index < -0.39 is 0 Å². The summed E-state index contributed by atoms with van der Waals surface area (Å²) in [6.07, 6.45) is 1.40. The fourth-order valence-electron chi connectivity index (χ4n) is 3.49. The zero-order valence-corrected chi connectivity index (χ0v) is 16.5. The quantitative estimate of drug-likeness (QED) is 0.632. The number of aromatic nitrogens is 2. The number of para-hydroxylation sites is 2. The van der Waals surface area contributed by atoms with Crippen LogP contribution in [-0.4, -0.2) is 41.0 Å². The first-order valence-corrected chi connectivity index (χ1v) is 10.0. The Hall–Kier alpha value is -3.06. The van der Waals surface area contributed by atoms with Crippen LogP contribution >= 0.6 is 0 Å². The second-order valence-corrected chi connectivity index (χ2v) is 7.06. The molecular weight excluding hydrogens is 368 g/mol. The normalized spacial score (nSPS) is 14.8. The predicted octanol–water partition coefficient (Wildman–Crippen LogP) is 3.71. The maximum absolute atomic E-state index is 9.76. The van der Waals surface area contributed by atoms with Crippen molar-refractivity contribution in [3.63, 3.8) is 0 Å². The molecule has 0 radical (unpaired) electrons. The fraction of sp³-hybridized carbons (Fsp3) is 0.364. The number of aliphatic hydroxyl groups is 1. The molecule has 1 fully saturated rings. The summed E-state index contributed by atoms with van der Waals surface area (Å²) in [7, 11) is 0. The highest BCUT2D eigenvalue weighted by atomic mass is 16.5. The lowest BCUT2D eigenvalue weighted by Crippen LogP contribution is -2.36. The molecule has 0 spiro atoms. The molecule has 0 bridgehead atoms. The molecule has 0 atom stereocenters. The Bertz CT molecular complexity index is 918. The highest BCUT2D eigenvalue weighted by molar-refractivity contribution is 5.70. The zero-order chi connectivity index (χ0) is 20.1. The van der Waals surface area contributed by atoms with Gasteiger partial charge < -0.3 is 24.6 Å². The van der Waals surface area contributed by atoms with Crippen molar-refractivity contribution in [2.75, 3.05) is 29.9 Å². The summed E-state index contributed by atoms with van der Waals surface area (Å²) in [6.45, 7) is 4.73. The lowest BCUT2D eigenvalue weighted by Gasteiger charge is -2.32. The molecule has 1 aromatic heterocycles. The average Bonchev–Trinajstić information content (AvgIpc) is 3.23. The number of rotatable bonds is 7. The first-order chi connectivity index (χ1) is 14.2. The number of ether oxygens (including phenoxy) is 1. The molecule has 4 rings (SSSR count). The molecule has 7 nitrogen and oxygen atoms in total. The topological polar surface area (TPSA) is 83.7 Å². The Labute approximate surface area is 170 Å². The Morgan fingerprint density at radius 3 is 2.66 bits per heavy atom. The number of benzene rings is 2. The van der Waals surface area contributed by atoms with Crippen LogP contribution in [0, 0.1) is 0 Å². The van der Waals surface area contributed by atoms with E-state index in [4.69, 9.17) is 9.26 Å². The minimum Gasteiger partial charge on any atom is -0.494 e. The number of hydrogen-bond acceptors (Lipinski definition) is 7. The van der Waals surface area contributed by atoms with Crippen LogP contribution in [0.3, 0.4) is 0 Å². The molecule has 7 heteroatoms. The highest BCUT2D eigenvalue weighted by Crippen LogP contribution is 2.29. The molecular formula is C22H26N4O3. The van der Waals surface area contributed by atoms with Crippen LogP contribution in [0.2, 0.25) is 0 Å². The van der Waals surface area contributed by atoms with Crippen LogP contribution in [0.1, 0.15) is 25.7 Å². The van der Waals surface area contributed by atoms with E-state index in [1.807, 2.05) is 49.4 Å². The van der Waals surface area contributed by atoms with Gasteiger partial charge in [-0.2, -0.15) is 4.98 Å². The van der Waals surface area contributed by atoms with Crippen LogP contribution in [0.15, 0.2) is 53.1 Å². The Kier molecular flexibility index (Phi) is 5.95. The summed E-state index contributed by atoms with van der Waals surface area (Å²) < 4.78 is 10.9. The summed E-state index contributed by atoms with van der Waals surface area (Å²) in [5, 5.41) is 17.3. The lowest BCUT2D eigenvalue weighted by molar-refractivity contribution is 0.145. The molecule has 2 heterocycles. The third-order valence-corrected chi connectivity index (χ3v) is 5.03. The van der Waals surface area contributed by atoms with Gasteiger partial charge in [0.15, 0.2) is 0 Å². The van der Waals surface area contributed by atoms with Gasteiger partial charge in [0.1, 0.15) is 5.75 Å². The molecule has 1 saturated heterocycles. The summed E-state index contributed by atoms with van der Waals surface area (Å²) in [4.78, 5) is 6.80. The molecule has 0 aliphatic carbocycles. The van der Waals surface area contributed by atoms with Crippen LogP contribution < -0.4 is 15.0 Å². The van der Waals surface area contributed by atoms with Crippen molar-refractivity contribution in [1.82, 2.24) is 10.1 Å². The predicted molar refractivity (Wildman–Crippen MR) is 112 cm³/mol. The first kappa shape index (κ1) is 19.3. The van der Waals surface area contributed by atoms with Gasteiger partial charge in [0.2, 0.25) is 11.7 Å². The summed E-state index contributed by atoms with van der Waals surface area (Å²) in [5.41, 5.74) is 3.03. The van der Waals surface area contributed by atoms with Gasteiger partial charge in [-0.15, -0.1) is 0 Å². The summed E-state index contributed by atoms with van der Waals surface area (Å²) in [6, 6.07) is 15.8. The lowest BCUT2D eigenvalue weighted by atomic mass is 10.1. The van der Waals surface area contributed by atoms with E-state index in [2.05, 4.69) is 26.4 Å². The highest BCUT2D eigenvalue weighted by Gasteiger charge is 2.19. The minimum atomic E-state index is -0.189.